The van der Waals surface area contributed by atoms with Gasteiger partial charge in [0.05, 0.1) is 6.54 Å². The number of pyridine rings is 1. The summed E-state index contributed by atoms with van der Waals surface area (Å²) in [6.07, 6.45) is -1.46. The Morgan fingerprint density at radius 3 is 2.27 bits per heavy atom. The second-order valence-electron chi connectivity index (χ2n) is 8.74. The Labute approximate surface area is 212 Å². The third-order valence-corrected chi connectivity index (χ3v) is 5.91. The number of Topliss-reactive ketones (excluding diaryl/α,β-unsaturated/α-hetero) is 1. The van der Waals surface area contributed by atoms with Crippen molar-refractivity contribution >= 4 is 17.8 Å². The zero-order valence-electron chi connectivity index (χ0n) is 20.6. The van der Waals surface area contributed by atoms with Crippen molar-refractivity contribution in [3.8, 4) is 0 Å². The minimum atomic E-state index is -5.08. The van der Waals surface area contributed by atoms with E-state index in [0.29, 0.717) is 31.1 Å². The van der Waals surface area contributed by atoms with Gasteiger partial charge < -0.3 is 15.3 Å². The highest BCUT2D eigenvalue weighted by atomic mass is 19.4. The molecule has 1 fully saturated rings. The maximum atomic E-state index is 13.0. The first-order valence-corrected chi connectivity index (χ1v) is 11.6. The van der Waals surface area contributed by atoms with E-state index in [-0.39, 0.29) is 17.6 Å². The van der Waals surface area contributed by atoms with E-state index in [4.69, 9.17) is 9.90 Å². The second kappa shape index (κ2) is 13.7. The number of carboxylic acid groups (broad SMARTS) is 1. The number of benzene rings is 1. The zero-order chi connectivity index (χ0) is 27.6. The highest BCUT2D eigenvalue weighted by Gasteiger charge is 2.38. The quantitative estimate of drug-likeness (QED) is 0.419. The molecule has 0 atom stereocenters. The van der Waals surface area contributed by atoms with Crippen LogP contribution in [0.3, 0.4) is 0 Å². The van der Waals surface area contributed by atoms with E-state index in [0.717, 1.165) is 37.2 Å². The highest BCUT2D eigenvalue weighted by molar-refractivity contribution is 5.97. The van der Waals surface area contributed by atoms with Gasteiger partial charge in [0.2, 0.25) is 0 Å². The number of hydrogen-bond donors (Lipinski definition) is 2. The van der Waals surface area contributed by atoms with Crippen molar-refractivity contribution in [1.29, 1.82) is 0 Å². The number of nitrogens with zero attached hydrogens (tertiary/aromatic N) is 3. The summed E-state index contributed by atoms with van der Waals surface area (Å²) in [4.78, 5) is 41.8. The molecule has 2 N–H and O–H groups in total. The molecule has 0 saturated carbocycles. The second-order valence-corrected chi connectivity index (χ2v) is 8.74. The molecule has 0 aliphatic carbocycles. The van der Waals surface area contributed by atoms with Gasteiger partial charge in [0.1, 0.15) is 5.82 Å². The lowest BCUT2D eigenvalue weighted by atomic mass is 9.96. The molecule has 8 nitrogen and oxygen atoms in total. The lowest BCUT2D eigenvalue weighted by Crippen LogP contribution is -2.43. The van der Waals surface area contributed by atoms with Crippen LogP contribution in [0.4, 0.5) is 22.4 Å². The normalized spacial score (nSPS) is 14.3. The van der Waals surface area contributed by atoms with Crippen molar-refractivity contribution in [1.82, 2.24) is 20.1 Å². The molecule has 2 heterocycles. The Kier molecular flexibility index (Phi) is 11.0. The molecule has 37 heavy (non-hydrogen) atoms. The summed E-state index contributed by atoms with van der Waals surface area (Å²) < 4.78 is 44.7. The number of carbonyl (C=O) groups excluding carboxylic acids is 2. The summed E-state index contributed by atoms with van der Waals surface area (Å²) in [6.45, 7) is 5.08. The molecule has 1 aliphatic heterocycles. The van der Waals surface area contributed by atoms with Crippen molar-refractivity contribution in [3.63, 3.8) is 0 Å². The Morgan fingerprint density at radius 1 is 1.14 bits per heavy atom. The van der Waals surface area contributed by atoms with Crippen LogP contribution in [-0.4, -0.2) is 77.1 Å². The summed E-state index contributed by atoms with van der Waals surface area (Å²) in [7, 11) is 1.82. The fourth-order valence-corrected chi connectivity index (χ4v) is 3.74. The molecule has 0 bridgehead atoms. The predicted octanol–water partition coefficient (Wildman–Crippen LogP) is 3.90. The number of ketones is 1. The largest absolute Gasteiger partial charge is 0.490 e. The molecular formula is C25H30F4N4O4. The Hall–Kier alpha value is -3.54. The number of amides is 2. The first-order valence-electron chi connectivity index (χ1n) is 11.6. The Balaban J connectivity index is 0.000000604. The molecule has 12 heteroatoms. The molecule has 2 aromatic rings. The number of rotatable bonds is 7. The Morgan fingerprint density at radius 2 is 1.73 bits per heavy atom. The number of urea groups is 1. The molecule has 1 aromatic heterocycles. The van der Waals surface area contributed by atoms with Gasteiger partial charge in [-0.05, 0) is 74.7 Å². The maximum Gasteiger partial charge on any atom is 0.490 e. The molecule has 1 saturated heterocycles. The number of nitrogens with one attached hydrogen (secondary N) is 1. The van der Waals surface area contributed by atoms with Crippen LogP contribution < -0.4 is 5.32 Å². The van der Waals surface area contributed by atoms with Gasteiger partial charge in [0.25, 0.3) is 0 Å². The van der Waals surface area contributed by atoms with Gasteiger partial charge in [-0.25, -0.2) is 14.0 Å². The number of aliphatic carboxylic acids is 1. The minimum Gasteiger partial charge on any atom is -0.475 e. The van der Waals surface area contributed by atoms with Crippen LogP contribution in [0.25, 0.3) is 0 Å². The van der Waals surface area contributed by atoms with Crippen LogP contribution >= 0.6 is 0 Å². The number of halogens is 4. The van der Waals surface area contributed by atoms with Crippen molar-refractivity contribution in [2.75, 3.05) is 33.2 Å². The zero-order valence-corrected chi connectivity index (χ0v) is 20.6. The molecule has 3 rings (SSSR count). The fraction of sp³-hybridized carbons (Fsp3) is 0.440. The monoisotopic (exact) mass is 526 g/mol. The Bertz CT molecular complexity index is 1060. The first-order chi connectivity index (χ1) is 17.4. The van der Waals surface area contributed by atoms with Crippen LogP contribution in [0.2, 0.25) is 0 Å². The van der Waals surface area contributed by atoms with Gasteiger partial charge in [-0.15, -0.1) is 0 Å². The van der Waals surface area contributed by atoms with Crippen LogP contribution in [0, 0.1) is 18.7 Å². The van der Waals surface area contributed by atoms with Gasteiger partial charge >= 0.3 is 18.2 Å². The van der Waals surface area contributed by atoms with Gasteiger partial charge in [-0.1, -0.05) is 6.07 Å². The molecule has 0 spiro atoms. The summed E-state index contributed by atoms with van der Waals surface area (Å²) in [6, 6.07) is 9.44. The summed E-state index contributed by atoms with van der Waals surface area (Å²) >= 11 is 0. The van der Waals surface area contributed by atoms with Crippen molar-refractivity contribution in [3.05, 3.63) is 65.2 Å². The molecule has 0 radical (unpaired) electrons. The van der Waals surface area contributed by atoms with E-state index in [1.54, 1.807) is 11.1 Å². The number of hydrogen-bond acceptors (Lipinski definition) is 5. The summed E-state index contributed by atoms with van der Waals surface area (Å²) in [5, 5.41) is 10.1. The third kappa shape index (κ3) is 10.2. The van der Waals surface area contributed by atoms with Crippen LogP contribution in [0.5, 0.6) is 0 Å². The lowest BCUT2D eigenvalue weighted by Gasteiger charge is -2.33. The standard InChI is InChI=1S/C23H29FN4O2.C2HF3O2/c1-17-20(4-3-11-25-17)14-26-23(30)27(2)15-18-9-12-28(13-10-18)16-22(29)19-5-7-21(24)8-6-19;3-2(4,5)1(6)7/h3-8,11,18H,9-10,12-16H2,1-2H3,(H,26,30);(H,6,7). The van der Waals surface area contributed by atoms with E-state index in [9.17, 15) is 27.2 Å². The van der Waals surface area contributed by atoms with Crippen LogP contribution in [0.15, 0.2) is 42.6 Å². The smallest absolute Gasteiger partial charge is 0.475 e. The fourth-order valence-electron chi connectivity index (χ4n) is 3.74. The van der Waals surface area contributed by atoms with E-state index in [1.165, 1.54) is 24.3 Å². The summed E-state index contributed by atoms with van der Waals surface area (Å²) in [5.41, 5.74) is 2.47. The predicted molar refractivity (Wildman–Crippen MR) is 127 cm³/mol. The topological polar surface area (TPSA) is 103 Å². The minimum absolute atomic E-state index is 0.00985. The SMILES string of the molecule is Cc1ncccc1CNC(=O)N(C)CC1CCN(CC(=O)c2ccc(F)cc2)CC1.O=C(O)C(F)(F)F. The average Bonchev–Trinajstić information content (AvgIpc) is 2.84. The van der Waals surface area contributed by atoms with E-state index in [1.807, 2.05) is 26.1 Å². The maximum absolute atomic E-state index is 13.0. The number of alkyl halides is 3. The molecule has 0 unspecified atom stereocenters. The van der Waals surface area contributed by atoms with Crippen molar-refractivity contribution in [2.24, 2.45) is 5.92 Å². The van der Waals surface area contributed by atoms with Crippen LogP contribution in [0.1, 0.15) is 34.5 Å². The number of likely N-dealkylation sites (tertiary alicyclic amines) is 1. The van der Waals surface area contributed by atoms with E-state index < -0.39 is 12.1 Å². The van der Waals surface area contributed by atoms with Gasteiger partial charge in [-0.3, -0.25) is 14.7 Å². The number of aromatic nitrogens is 1. The number of carboxylic acids is 1. The number of aryl methyl sites for hydroxylation is 1. The average molecular weight is 527 g/mol. The van der Waals surface area contributed by atoms with Crippen molar-refractivity contribution in [2.45, 2.75) is 32.5 Å². The van der Waals surface area contributed by atoms with E-state index >= 15 is 0 Å². The molecular weight excluding hydrogens is 496 g/mol. The van der Waals surface area contributed by atoms with Gasteiger partial charge in [-0.2, -0.15) is 13.2 Å². The number of carbonyl (C=O) groups is 3. The van der Waals surface area contributed by atoms with E-state index in [2.05, 4.69) is 15.2 Å². The lowest BCUT2D eigenvalue weighted by molar-refractivity contribution is -0.192. The van der Waals surface area contributed by atoms with Gasteiger partial charge in [0, 0.05) is 37.6 Å². The highest BCUT2D eigenvalue weighted by Crippen LogP contribution is 2.19. The molecule has 202 valence electrons. The van der Waals surface area contributed by atoms with Crippen LogP contribution in [-0.2, 0) is 11.3 Å². The summed E-state index contributed by atoms with van der Waals surface area (Å²) in [5.74, 6) is -2.67. The molecule has 1 aromatic carbocycles. The first kappa shape index (κ1) is 29.7. The third-order valence-electron chi connectivity index (χ3n) is 5.91. The number of piperidine rings is 1. The van der Waals surface area contributed by atoms with Crippen molar-refractivity contribution < 1.29 is 37.1 Å². The molecule has 2 amide bonds. The molecule has 1 aliphatic rings. The van der Waals surface area contributed by atoms with Gasteiger partial charge in [0.15, 0.2) is 5.78 Å².